The van der Waals surface area contributed by atoms with Crippen molar-refractivity contribution in [1.29, 1.82) is 0 Å². The van der Waals surface area contributed by atoms with E-state index in [1.54, 1.807) is 0 Å². The van der Waals surface area contributed by atoms with E-state index in [1.165, 1.54) is 4.90 Å². The van der Waals surface area contributed by atoms with Crippen molar-refractivity contribution in [2.24, 2.45) is 0 Å². The molecule has 0 aromatic heterocycles. The van der Waals surface area contributed by atoms with Crippen LogP contribution in [0.2, 0.25) is 0 Å². The van der Waals surface area contributed by atoms with E-state index < -0.39 is 24.8 Å². The van der Waals surface area contributed by atoms with Crippen LogP contribution < -0.4 is 5.32 Å². The van der Waals surface area contributed by atoms with E-state index in [9.17, 15) is 14.7 Å². The summed E-state index contributed by atoms with van der Waals surface area (Å²) < 4.78 is 0. The Bertz CT molecular complexity index is 281. The van der Waals surface area contributed by atoms with E-state index in [2.05, 4.69) is 5.32 Å². The predicted octanol–water partition coefficient (Wildman–Crippen LogP) is -2.56. The Kier molecular flexibility index (Phi) is 2.16. The summed E-state index contributed by atoms with van der Waals surface area (Å²) in [5.74, 6) is -0.603. The third kappa shape index (κ3) is 1.27. The fourth-order valence-corrected chi connectivity index (χ4v) is 1.96. The zero-order valence-electron chi connectivity index (χ0n) is 7.51. The van der Waals surface area contributed by atoms with Crippen molar-refractivity contribution >= 4 is 11.8 Å². The van der Waals surface area contributed by atoms with E-state index in [0.29, 0.717) is 0 Å². The molecule has 2 rings (SSSR count). The van der Waals surface area contributed by atoms with Crippen LogP contribution in [0.3, 0.4) is 0 Å². The minimum Gasteiger partial charge on any atom is -0.394 e. The van der Waals surface area contributed by atoms with Crippen LogP contribution in [-0.2, 0) is 9.59 Å². The molecule has 14 heavy (non-hydrogen) atoms. The number of carbonyl (C=O) groups is 2. The molecule has 0 aromatic rings. The smallest absolute Gasteiger partial charge is 0.248 e. The van der Waals surface area contributed by atoms with Gasteiger partial charge in [-0.05, 0) is 0 Å². The molecule has 2 saturated heterocycles. The summed E-state index contributed by atoms with van der Waals surface area (Å²) in [6.07, 6.45) is -0.345. The summed E-state index contributed by atoms with van der Waals surface area (Å²) in [6, 6.07) is -1.40. The van der Waals surface area contributed by atoms with Gasteiger partial charge in [-0.15, -0.1) is 0 Å². The van der Waals surface area contributed by atoms with Crippen LogP contribution in [0.15, 0.2) is 0 Å². The summed E-state index contributed by atoms with van der Waals surface area (Å²) in [5, 5.41) is 20.6. The highest BCUT2D eigenvalue weighted by molar-refractivity contribution is 5.97. The zero-order chi connectivity index (χ0) is 10.3. The van der Waals surface area contributed by atoms with Crippen molar-refractivity contribution < 1.29 is 19.8 Å². The van der Waals surface area contributed by atoms with Gasteiger partial charge in [0, 0.05) is 13.0 Å². The van der Waals surface area contributed by atoms with Crippen LogP contribution in [0.25, 0.3) is 0 Å². The maximum Gasteiger partial charge on any atom is 0.248 e. The first kappa shape index (κ1) is 9.42. The molecule has 2 fully saturated rings. The maximum absolute atomic E-state index is 11.6. The summed E-state index contributed by atoms with van der Waals surface area (Å²) >= 11 is 0. The van der Waals surface area contributed by atoms with Crippen LogP contribution >= 0.6 is 0 Å². The van der Waals surface area contributed by atoms with Gasteiger partial charge in [-0.2, -0.15) is 0 Å². The number of carbonyl (C=O) groups excluding carboxylic acids is 2. The van der Waals surface area contributed by atoms with Crippen molar-refractivity contribution in [3.8, 4) is 0 Å². The third-order valence-electron chi connectivity index (χ3n) is 2.66. The summed E-state index contributed by atoms with van der Waals surface area (Å²) in [4.78, 5) is 24.3. The topological polar surface area (TPSA) is 89.9 Å². The minimum absolute atomic E-state index is 0.188. The van der Waals surface area contributed by atoms with Gasteiger partial charge in [-0.1, -0.05) is 0 Å². The van der Waals surface area contributed by atoms with Gasteiger partial charge in [0.2, 0.25) is 11.8 Å². The standard InChI is InChI=1S/C8H12N2O4/c11-3-5-8(14)10-2-4(12)1-6(10)7(13)9-5/h4-6,11-12H,1-3H2,(H,9,13)/t4-,5?,6?/m1/s1. The molecule has 0 bridgehead atoms. The number of hydrogen-bond donors (Lipinski definition) is 3. The molecule has 2 aliphatic heterocycles. The number of rotatable bonds is 1. The number of aliphatic hydroxyl groups is 2. The molecule has 3 atom stereocenters. The van der Waals surface area contributed by atoms with E-state index in [0.717, 1.165) is 0 Å². The van der Waals surface area contributed by atoms with Gasteiger partial charge in [0.25, 0.3) is 0 Å². The lowest BCUT2D eigenvalue weighted by Crippen LogP contribution is -2.62. The number of fused-ring (bicyclic) bond motifs is 1. The third-order valence-corrected chi connectivity index (χ3v) is 2.66. The molecular weight excluding hydrogens is 188 g/mol. The number of nitrogens with zero attached hydrogens (tertiary/aromatic N) is 1. The molecule has 2 heterocycles. The number of aliphatic hydroxyl groups excluding tert-OH is 2. The molecule has 6 heteroatoms. The number of hydrogen-bond acceptors (Lipinski definition) is 4. The molecule has 2 amide bonds. The van der Waals surface area contributed by atoms with E-state index in [1.807, 2.05) is 0 Å². The van der Waals surface area contributed by atoms with Gasteiger partial charge in [0.15, 0.2) is 0 Å². The maximum atomic E-state index is 11.6. The van der Waals surface area contributed by atoms with Gasteiger partial charge >= 0.3 is 0 Å². The van der Waals surface area contributed by atoms with Gasteiger partial charge in [0.05, 0.1) is 12.7 Å². The van der Waals surface area contributed by atoms with Crippen LogP contribution in [0.4, 0.5) is 0 Å². The Labute approximate surface area is 80.5 Å². The first-order valence-electron chi connectivity index (χ1n) is 4.53. The first-order chi connectivity index (χ1) is 6.63. The van der Waals surface area contributed by atoms with Gasteiger partial charge in [-0.25, -0.2) is 0 Å². The molecule has 0 aromatic carbocycles. The van der Waals surface area contributed by atoms with Crippen LogP contribution in [0.1, 0.15) is 6.42 Å². The Hall–Kier alpha value is -1.14. The number of piperazine rings is 1. The van der Waals surface area contributed by atoms with E-state index in [4.69, 9.17) is 5.11 Å². The van der Waals surface area contributed by atoms with E-state index in [-0.39, 0.29) is 24.8 Å². The monoisotopic (exact) mass is 200 g/mol. The predicted molar refractivity (Wildman–Crippen MR) is 45.1 cm³/mol. The second-order valence-corrected chi connectivity index (χ2v) is 3.64. The SMILES string of the molecule is O=C1NC(CO)C(=O)N2C[C@H](O)CC12. The molecule has 0 radical (unpaired) electrons. The van der Waals surface area contributed by atoms with Crippen LogP contribution in [-0.4, -0.2) is 58.3 Å². The molecule has 3 N–H and O–H groups in total. The van der Waals surface area contributed by atoms with Crippen LogP contribution in [0, 0.1) is 0 Å². The second-order valence-electron chi connectivity index (χ2n) is 3.64. The Morgan fingerprint density at radius 1 is 1.50 bits per heavy atom. The lowest BCUT2D eigenvalue weighted by molar-refractivity contribution is -0.148. The Balaban J connectivity index is 2.20. The normalized spacial score (nSPS) is 37.0. The summed E-state index contributed by atoms with van der Waals surface area (Å²) in [5.41, 5.74) is 0. The van der Waals surface area contributed by atoms with Crippen LogP contribution in [0.5, 0.6) is 0 Å². The number of nitrogens with one attached hydrogen (secondary N) is 1. The van der Waals surface area contributed by atoms with E-state index >= 15 is 0 Å². The molecule has 2 aliphatic rings. The highest BCUT2D eigenvalue weighted by Gasteiger charge is 2.45. The quantitative estimate of drug-likeness (QED) is 0.434. The molecule has 0 spiro atoms. The zero-order valence-corrected chi connectivity index (χ0v) is 7.51. The molecular formula is C8H12N2O4. The van der Waals surface area contributed by atoms with Crippen molar-refractivity contribution in [2.45, 2.75) is 24.6 Å². The van der Waals surface area contributed by atoms with Gasteiger partial charge in [0.1, 0.15) is 12.1 Å². The largest absolute Gasteiger partial charge is 0.394 e. The number of amides is 2. The average Bonchev–Trinajstić information content (AvgIpc) is 2.54. The highest BCUT2D eigenvalue weighted by atomic mass is 16.3. The van der Waals surface area contributed by atoms with Crippen molar-refractivity contribution in [3.63, 3.8) is 0 Å². The lowest BCUT2D eigenvalue weighted by Gasteiger charge is -2.33. The highest BCUT2D eigenvalue weighted by Crippen LogP contribution is 2.22. The lowest BCUT2D eigenvalue weighted by atomic mass is 10.1. The summed E-state index contributed by atoms with van der Waals surface area (Å²) in [7, 11) is 0. The average molecular weight is 200 g/mol. The van der Waals surface area contributed by atoms with Crippen molar-refractivity contribution in [2.75, 3.05) is 13.2 Å². The van der Waals surface area contributed by atoms with Crippen molar-refractivity contribution in [1.82, 2.24) is 10.2 Å². The Morgan fingerprint density at radius 2 is 2.21 bits per heavy atom. The molecule has 2 unspecified atom stereocenters. The van der Waals surface area contributed by atoms with Gasteiger partial charge < -0.3 is 20.4 Å². The minimum atomic E-state index is -0.843. The summed E-state index contributed by atoms with van der Waals surface area (Å²) in [6.45, 7) is -0.211. The van der Waals surface area contributed by atoms with Gasteiger partial charge in [-0.3, -0.25) is 9.59 Å². The first-order valence-corrected chi connectivity index (χ1v) is 4.53. The second kappa shape index (κ2) is 3.21. The molecule has 0 saturated carbocycles. The molecule has 0 aliphatic carbocycles. The fraction of sp³-hybridized carbons (Fsp3) is 0.750. The van der Waals surface area contributed by atoms with Crippen molar-refractivity contribution in [3.05, 3.63) is 0 Å². The molecule has 78 valence electrons. The Morgan fingerprint density at radius 3 is 2.86 bits per heavy atom. The molecule has 6 nitrogen and oxygen atoms in total. The fourth-order valence-electron chi connectivity index (χ4n) is 1.96.